The molecule has 1 aromatic heterocycles. The third-order valence-electron chi connectivity index (χ3n) is 8.28. The summed E-state index contributed by atoms with van der Waals surface area (Å²) in [6.07, 6.45) is 4.48. The molecule has 0 atom stereocenters. The molecular weight excluding hydrogens is 590 g/mol. The summed E-state index contributed by atoms with van der Waals surface area (Å²) in [4.78, 5) is 46.1. The van der Waals surface area contributed by atoms with Crippen molar-refractivity contribution in [1.82, 2.24) is 19.0 Å². The number of carbonyl (C=O) groups excluding carboxylic acids is 3. The van der Waals surface area contributed by atoms with Crippen LogP contribution in [0.15, 0.2) is 29.2 Å². The van der Waals surface area contributed by atoms with Gasteiger partial charge in [0.25, 0.3) is 11.8 Å². The molecule has 0 aliphatic carbocycles. The highest BCUT2D eigenvalue weighted by Crippen LogP contribution is 2.38. The number of rotatable bonds is 8. The van der Waals surface area contributed by atoms with E-state index in [2.05, 4.69) is 17.1 Å². The van der Waals surface area contributed by atoms with Crippen LogP contribution in [0.4, 0.5) is 9.80 Å². The fourth-order valence-electron chi connectivity index (χ4n) is 5.96. The predicted molar refractivity (Wildman–Crippen MR) is 165 cm³/mol. The highest BCUT2D eigenvalue weighted by atomic mass is 32.2. The first-order valence-corrected chi connectivity index (χ1v) is 17.5. The highest BCUT2D eigenvalue weighted by molar-refractivity contribution is 7.89. The second-order valence-electron chi connectivity index (χ2n) is 11.2. The highest BCUT2D eigenvalue weighted by Gasteiger charge is 2.33. The number of amides is 3. The molecule has 1 N–H and O–H groups in total. The number of carbonyl (C=O) groups is 3. The minimum atomic E-state index is -3.80. The first kappa shape index (κ1) is 31.4. The van der Waals surface area contributed by atoms with E-state index in [4.69, 9.17) is 4.74 Å². The number of likely N-dealkylation sites (tertiary alicyclic amines) is 1. The summed E-state index contributed by atoms with van der Waals surface area (Å²) >= 11 is 1.48. The minimum Gasteiger partial charge on any atom is -0.450 e. The van der Waals surface area contributed by atoms with Crippen molar-refractivity contribution < 1.29 is 27.5 Å². The number of anilines is 1. The van der Waals surface area contributed by atoms with Crippen molar-refractivity contribution in [3.63, 3.8) is 0 Å². The number of nitrogens with zero attached hydrogens (tertiary/aromatic N) is 4. The van der Waals surface area contributed by atoms with Gasteiger partial charge in [0.05, 0.1) is 17.1 Å². The lowest BCUT2D eigenvalue weighted by atomic mass is 10.0. The van der Waals surface area contributed by atoms with E-state index >= 15 is 0 Å². The molecule has 0 saturated carbocycles. The van der Waals surface area contributed by atoms with Gasteiger partial charge in [0.2, 0.25) is 10.0 Å². The van der Waals surface area contributed by atoms with Gasteiger partial charge in [-0.15, -0.1) is 11.3 Å². The lowest BCUT2D eigenvalue weighted by molar-refractivity contribution is 0.0723. The molecule has 3 aliphatic rings. The smallest absolute Gasteiger partial charge is 0.409 e. The molecular formula is C30H41N5O6S2. The number of nitrogens with one attached hydrogen (secondary N) is 1. The van der Waals surface area contributed by atoms with Crippen molar-refractivity contribution in [3.8, 4) is 0 Å². The Labute approximate surface area is 257 Å². The third-order valence-corrected chi connectivity index (χ3v) is 11.3. The van der Waals surface area contributed by atoms with Gasteiger partial charge in [-0.2, -0.15) is 4.31 Å². The van der Waals surface area contributed by atoms with Gasteiger partial charge in [0, 0.05) is 62.8 Å². The number of fused-ring (bicyclic) bond motifs is 1. The summed E-state index contributed by atoms with van der Waals surface area (Å²) in [5, 5.41) is 3.57. The molecule has 3 amide bonds. The van der Waals surface area contributed by atoms with Crippen LogP contribution in [0.1, 0.15) is 70.7 Å². The Kier molecular flexibility index (Phi) is 10.0. The van der Waals surface area contributed by atoms with Gasteiger partial charge >= 0.3 is 6.09 Å². The van der Waals surface area contributed by atoms with E-state index in [-0.39, 0.29) is 49.5 Å². The van der Waals surface area contributed by atoms with E-state index in [1.165, 1.54) is 44.8 Å². The summed E-state index contributed by atoms with van der Waals surface area (Å²) < 4.78 is 32.9. The number of hydrogen-bond donors (Lipinski definition) is 1. The molecule has 2 aromatic rings. The second kappa shape index (κ2) is 13.7. The van der Waals surface area contributed by atoms with Crippen LogP contribution in [0, 0.1) is 0 Å². The van der Waals surface area contributed by atoms with Crippen molar-refractivity contribution in [1.29, 1.82) is 0 Å². The number of thiophene rings is 1. The van der Waals surface area contributed by atoms with Crippen LogP contribution in [0.3, 0.4) is 0 Å². The Bertz CT molecular complexity index is 1430. The van der Waals surface area contributed by atoms with Gasteiger partial charge < -0.3 is 19.9 Å². The topological polar surface area (TPSA) is 120 Å². The van der Waals surface area contributed by atoms with E-state index < -0.39 is 16.1 Å². The fraction of sp³-hybridized carbons (Fsp3) is 0.567. The second-order valence-corrected chi connectivity index (χ2v) is 14.2. The number of hydrogen-bond acceptors (Lipinski definition) is 8. The summed E-state index contributed by atoms with van der Waals surface area (Å²) in [6.45, 7) is 9.07. The van der Waals surface area contributed by atoms with Crippen molar-refractivity contribution in [2.24, 2.45) is 0 Å². The van der Waals surface area contributed by atoms with Crippen LogP contribution in [-0.4, -0.2) is 104 Å². The Morgan fingerprint density at radius 3 is 2.26 bits per heavy atom. The van der Waals surface area contributed by atoms with Gasteiger partial charge in [0.1, 0.15) is 5.00 Å². The summed E-state index contributed by atoms with van der Waals surface area (Å²) in [5.74, 6) is -0.398. The van der Waals surface area contributed by atoms with Crippen LogP contribution < -0.4 is 5.32 Å². The molecule has 13 heteroatoms. The number of benzene rings is 1. The molecule has 0 unspecified atom stereocenters. The van der Waals surface area contributed by atoms with Crippen LogP contribution in [0.5, 0.6) is 0 Å². The van der Waals surface area contributed by atoms with Crippen LogP contribution in [0.25, 0.3) is 0 Å². The molecule has 0 bridgehead atoms. The first-order valence-electron chi connectivity index (χ1n) is 15.2. The number of ether oxygens (including phenoxy) is 1. The van der Waals surface area contributed by atoms with E-state index in [0.717, 1.165) is 75.3 Å². The average Bonchev–Trinajstić information content (AvgIpc) is 3.38. The minimum absolute atomic E-state index is 0.0130. The average molecular weight is 632 g/mol. The zero-order valence-electron chi connectivity index (χ0n) is 25.0. The molecule has 43 heavy (non-hydrogen) atoms. The quantitative estimate of drug-likeness (QED) is 0.470. The zero-order valence-corrected chi connectivity index (χ0v) is 26.6. The lowest BCUT2D eigenvalue weighted by Crippen LogP contribution is -2.50. The molecule has 2 fully saturated rings. The Morgan fingerprint density at radius 2 is 1.60 bits per heavy atom. The fourth-order valence-corrected chi connectivity index (χ4v) is 8.66. The van der Waals surface area contributed by atoms with Gasteiger partial charge in [-0.25, -0.2) is 13.2 Å². The standard InChI is InChI=1S/C30H41N5O6S2/c1-3-13-32-16-12-24-25(21-32)42-28(26(24)29(37)33-14-6-5-7-15-33)31-27(36)22-8-10-23(11-9-22)43(39,40)35-19-17-34(18-20-35)30(38)41-4-2/h8-11H,3-7,12-21H2,1-2H3,(H,31,36). The monoisotopic (exact) mass is 631 g/mol. The van der Waals surface area contributed by atoms with E-state index in [0.29, 0.717) is 16.1 Å². The number of sulfonamides is 1. The van der Waals surface area contributed by atoms with E-state index in [1.54, 1.807) is 6.92 Å². The summed E-state index contributed by atoms with van der Waals surface area (Å²) in [6, 6.07) is 5.87. The van der Waals surface area contributed by atoms with Gasteiger partial charge in [-0.05, 0) is 75.4 Å². The third kappa shape index (κ3) is 6.89. The Morgan fingerprint density at radius 1 is 0.907 bits per heavy atom. The van der Waals surface area contributed by atoms with Crippen molar-refractivity contribution in [2.45, 2.75) is 57.4 Å². The van der Waals surface area contributed by atoms with Crippen LogP contribution in [-0.2, 0) is 27.7 Å². The van der Waals surface area contributed by atoms with Crippen molar-refractivity contribution in [3.05, 3.63) is 45.8 Å². The maximum absolute atomic E-state index is 13.7. The predicted octanol–water partition coefficient (Wildman–Crippen LogP) is 3.86. The normalized spacial score (nSPS) is 18.3. The Balaban J connectivity index is 1.31. The maximum Gasteiger partial charge on any atom is 0.409 e. The molecule has 5 rings (SSSR count). The summed E-state index contributed by atoms with van der Waals surface area (Å²) in [5.41, 5.74) is 1.97. The summed E-state index contributed by atoms with van der Waals surface area (Å²) in [7, 11) is -3.80. The molecule has 4 heterocycles. The number of piperazine rings is 1. The molecule has 0 radical (unpaired) electrons. The molecule has 2 saturated heterocycles. The maximum atomic E-state index is 13.7. The van der Waals surface area contributed by atoms with Crippen molar-refractivity contribution in [2.75, 3.05) is 64.3 Å². The first-order chi connectivity index (χ1) is 20.7. The number of piperidine rings is 1. The Hall–Kier alpha value is -3.00. The molecule has 0 spiro atoms. The largest absolute Gasteiger partial charge is 0.450 e. The molecule has 11 nitrogen and oxygen atoms in total. The van der Waals surface area contributed by atoms with E-state index in [1.807, 2.05) is 4.90 Å². The SMILES string of the molecule is CCCN1CCc2c(sc(NC(=O)c3ccc(S(=O)(=O)N4CCN(C(=O)OCC)CC4)cc3)c2C(=O)N2CCCCC2)C1. The molecule has 3 aliphatic heterocycles. The van der Waals surface area contributed by atoms with Crippen LogP contribution >= 0.6 is 11.3 Å². The lowest BCUT2D eigenvalue weighted by Gasteiger charge is -2.33. The zero-order chi connectivity index (χ0) is 30.6. The van der Waals surface area contributed by atoms with Crippen LogP contribution in [0.2, 0.25) is 0 Å². The van der Waals surface area contributed by atoms with Gasteiger partial charge in [0.15, 0.2) is 0 Å². The van der Waals surface area contributed by atoms with Gasteiger partial charge in [-0.1, -0.05) is 6.92 Å². The molecule has 234 valence electrons. The van der Waals surface area contributed by atoms with Crippen molar-refractivity contribution >= 4 is 44.3 Å². The van der Waals surface area contributed by atoms with E-state index in [9.17, 15) is 22.8 Å². The molecule has 1 aromatic carbocycles. The van der Waals surface area contributed by atoms with Gasteiger partial charge in [-0.3, -0.25) is 14.5 Å².